The lowest BCUT2D eigenvalue weighted by atomic mass is 10.0. The molecular weight excluding hydrogens is 238 g/mol. The zero-order chi connectivity index (χ0) is 11.8. The Bertz CT molecular complexity index is 627. The van der Waals surface area contributed by atoms with Crippen LogP contribution in [0.2, 0.25) is 0 Å². The highest BCUT2D eigenvalue weighted by atomic mass is 32.1. The molecule has 0 aliphatic carbocycles. The van der Waals surface area contributed by atoms with Crippen LogP contribution >= 0.6 is 12.2 Å². The lowest BCUT2D eigenvalue weighted by Crippen LogP contribution is -2.27. The Morgan fingerprint density at radius 2 is 2.18 bits per heavy atom. The molecule has 2 heterocycles. The highest BCUT2D eigenvalue weighted by Crippen LogP contribution is 2.33. The standard InChI is InChI=1S/C11H11N3O2S/c15-10-12-13-11(17)14(10)8-5-6-16-9-4-2-1-3-7(8)9/h1-4,8H,5-6H2,(H,12,15)(H,13,17). The average Bonchev–Trinajstić information content (AvgIpc) is 2.69. The van der Waals surface area contributed by atoms with E-state index in [1.807, 2.05) is 24.3 Å². The Hall–Kier alpha value is -1.82. The van der Waals surface area contributed by atoms with Gasteiger partial charge in [0.25, 0.3) is 0 Å². The van der Waals surface area contributed by atoms with Gasteiger partial charge in [0.2, 0.25) is 0 Å². The maximum atomic E-state index is 11.7. The van der Waals surface area contributed by atoms with Crippen LogP contribution < -0.4 is 10.4 Å². The number of benzene rings is 1. The molecule has 0 radical (unpaired) electrons. The SMILES string of the molecule is O=c1[nH][nH]c(=S)n1C1CCOc2ccccc21. The highest BCUT2D eigenvalue weighted by Gasteiger charge is 2.24. The molecule has 2 aromatic rings. The zero-order valence-corrected chi connectivity index (χ0v) is 9.79. The Morgan fingerprint density at radius 3 is 2.94 bits per heavy atom. The number of hydrogen-bond acceptors (Lipinski definition) is 3. The van der Waals surface area contributed by atoms with Crippen LogP contribution in [0.4, 0.5) is 0 Å². The van der Waals surface area contributed by atoms with Gasteiger partial charge in [-0.1, -0.05) is 18.2 Å². The van der Waals surface area contributed by atoms with E-state index < -0.39 is 0 Å². The van der Waals surface area contributed by atoms with E-state index in [1.54, 1.807) is 4.57 Å². The zero-order valence-electron chi connectivity index (χ0n) is 8.97. The van der Waals surface area contributed by atoms with Gasteiger partial charge in [0.1, 0.15) is 5.75 Å². The number of aromatic nitrogens is 3. The molecule has 0 saturated carbocycles. The first-order valence-electron chi connectivity index (χ1n) is 5.38. The molecule has 88 valence electrons. The third kappa shape index (κ3) is 1.61. The first kappa shape index (κ1) is 10.3. The molecule has 1 aromatic heterocycles. The van der Waals surface area contributed by atoms with E-state index in [1.165, 1.54) is 0 Å². The van der Waals surface area contributed by atoms with Crippen LogP contribution in [0.15, 0.2) is 29.1 Å². The summed E-state index contributed by atoms with van der Waals surface area (Å²) >= 11 is 5.12. The van der Waals surface area contributed by atoms with Crippen molar-refractivity contribution in [2.24, 2.45) is 0 Å². The smallest absolute Gasteiger partial charge is 0.342 e. The van der Waals surface area contributed by atoms with Gasteiger partial charge in [-0.2, -0.15) is 0 Å². The fourth-order valence-corrected chi connectivity index (χ4v) is 2.46. The third-order valence-corrected chi connectivity index (χ3v) is 3.25. The van der Waals surface area contributed by atoms with Crippen molar-refractivity contribution in [3.8, 4) is 5.75 Å². The fourth-order valence-electron chi connectivity index (χ4n) is 2.19. The number of H-pyrrole nitrogens is 2. The molecule has 5 nitrogen and oxygen atoms in total. The number of hydrogen-bond donors (Lipinski definition) is 2. The molecule has 0 saturated heterocycles. The summed E-state index contributed by atoms with van der Waals surface area (Å²) in [6.45, 7) is 0.591. The molecule has 1 aliphatic rings. The van der Waals surface area contributed by atoms with E-state index in [-0.39, 0.29) is 11.7 Å². The quantitative estimate of drug-likeness (QED) is 0.755. The molecule has 1 atom stereocenters. The fraction of sp³-hybridized carbons (Fsp3) is 0.273. The predicted molar refractivity (Wildman–Crippen MR) is 64.9 cm³/mol. The maximum Gasteiger partial charge on any atom is 0.342 e. The molecule has 0 spiro atoms. The van der Waals surface area contributed by atoms with E-state index in [4.69, 9.17) is 17.0 Å². The lowest BCUT2D eigenvalue weighted by Gasteiger charge is -2.25. The number of nitrogens with zero attached hydrogens (tertiary/aromatic N) is 1. The van der Waals surface area contributed by atoms with Crippen molar-refractivity contribution in [3.05, 3.63) is 45.1 Å². The summed E-state index contributed by atoms with van der Waals surface area (Å²) in [6.07, 6.45) is 0.742. The number of nitrogens with one attached hydrogen (secondary N) is 2. The molecule has 0 fully saturated rings. The summed E-state index contributed by atoms with van der Waals surface area (Å²) < 4.78 is 7.54. The normalized spacial score (nSPS) is 18.5. The minimum atomic E-state index is -0.211. The Morgan fingerprint density at radius 1 is 1.35 bits per heavy atom. The number of aromatic amines is 2. The van der Waals surface area contributed by atoms with Gasteiger partial charge in [-0.3, -0.25) is 9.67 Å². The number of para-hydroxylation sites is 1. The minimum Gasteiger partial charge on any atom is -0.493 e. The van der Waals surface area contributed by atoms with E-state index in [0.29, 0.717) is 11.4 Å². The third-order valence-electron chi connectivity index (χ3n) is 2.95. The Balaban J connectivity index is 2.19. The first-order valence-corrected chi connectivity index (χ1v) is 5.79. The molecule has 3 rings (SSSR count). The van der Waals surface area contributed by atoms with Crippen LogP contribution in [-0.4, -0.2) is 21.4 Å². The van der Waals surface area contributed by atoms with E-state index in [0.717, 1.165) is 17.7 Å². The van der Waals surface area contributed by atoms with E-state index >= 15 is 0 Å². The highest BCUT2D eigenvalue weighted by molar-refractivity contribution is 7.71. The molecule has 1 aromatic carbocycles. The average molecular weight is 249 g/mol. The van der Waals surface area contributed by atoms with Crippen LogP contribution in [0.3, 0.4) is 0 Å². The summed E-state index contributed by atoms with van der Waals surface area (Å²) in [5.74, 6) is 0.825. The molecule has 1 unspecified atom stereocenters. The molecule has 6 heteroatoms. The number of ether oxygens (including phenoxy) is 1. The van der Waals surface area contributed by atoms with Gasteiger partial charge in [-0.25, -0.2) is 9.89 Å². The Labute approximate surface area is 102 Å². The molecular formula is C11H11N3O2S. The first-order chi connectivity index (χ1) is 8.27. The monoisotopic (exact) mass is 249 g/mol. The molecule has 0 bridgehead atoms. The van der Waals surface area contributed by atoms with E-state index in [9.17, 15) is 4.79 Å². The summed E-state index contributed by atoms with van der Waals surface area (Å²) in [7, 11) is 0. The van der Waals surface area contributed by atoms with Gasteiger partial charge < -0.3 is 4.74 Å². The Kier molecular flexibility index (Phi) is 2.36. The molecule has 0 amide bonds. The largest absolute Gasteiger partial charge is 0.493 e. The molecule has 2 N–H and O–H groups in total. The van der Waals surface area contributed by atoms with Crippen molar-refractivity contribution in [2.75, 3.05) is 6.61 Å². The maximum absolute atomic E-state index is 11.7. The molecule has 17 heavy (non-hydrogen) atoms. The van der Waals surface area contributed by atoms with Crippen LogP contribution in [0.1, 0.15) is 18.0 Å². The van der Waals surface area contributed by atoms with Crippen molar-refractivity contribution in [1.82, 2.24) is 14.8 Å². The second-order valence-corrected chi connectivity index (χ2v) is 4.31. The van der Waals surface area contributed by atoms with Crippen molar-refractivity contribution in [3.63, 3.8) is 0 Å². The second kappa shape index (κ2) is 3.89. The summed E-state index contributed by atoms with van der Waals surface area (Å²) in [4.78, 5) is 11.7. The van der Waals surface area contributed by atoms with Gasteiger partial charge >= 0.3 is 5.69 Å². The van der Waals surface area contributed by atoms with Gasteiger partial charge in [0.05, 0.1) is 12.6 Å². The van der Waals surface area contributed by atoms with Crippen molar-refractivity contribution < 1.29 is 4.74 Å². The van der Waals surface area contributed by atoms with Gasteiger partial charge in [-0.05, 0) is 18.3 Å². The van der Waals surface area contributed by atoms with Crippen LogP contribution in [0.25, 0.3) is 0 Å². The van der Waals surface area contributed by atoms with Crippen LogP contribution in [0, 0.1) is 4.77 Å². The van der Waals surface area contributed by atoms with Crippen molar-refractivity contribution in [2.45, 2.75) is 12.5 Å². The summed E-state index contributed by atoms with van der Waals surface area (Å²) in [5, 5.41) is 5.17. The second-order valence-electron chi connectivity index (χ2n) is 3.92. The van der Waals surface area contributed by atoms with E-state index in [2.05, 4.69) is 10.2 Å². The van der Waals surface area contributed by atoms with Crippen molar-refractivity contribution in [1.29, 1.82) is 0 Å². The minimum absolute atomic E-state index is 0.0533. The van der Waals surface area contributed by atoms with Gasteiger partial charge in [-0.15, -0.1) is 0 Å². The predicted octanol–water partition coefficient (Wildman–Crippen LogP) is 1.61. The summed E-state index contributed by atoms with van der Waals surface area (Å²) in [6, 6.07) is 7.68. The lowest BCUT2D eigenvalue weighted by molar-refractivity contribution is 0.254. The molecule has 1 aliphatic heterocycles. The van der Waals surface area contributed by atoms with Gasteiger partial charge in [0, 0.05) is 12.0 Å². The summed E-state index contributed by atoms with van der Waals surface area (Å²) in [5.41, 5.74) is 0.789. The topological polar surface area (TPSA) is 62.8 Å². The van der Waals surface area contributed by atoms with Crippen LogP contribution in [0.5, 0.6) is 5.75 Å². The van der Waals surface area contributed by atoms with Crippen LogP contribution in [-0.2, 0) is 0 Å². The number of rotatable bonds is 1. The van der Waals surface area contributed by atoms with Gasteiger partial charge in [0.15, 0.2) is 4.77 Å². The van der Waals surface area contributed by atoms with Crippen molar-refractivity contribution >= 4 is 12.2 Å². The number of fused-ring (bicyclic) bond motifs is 1.